The van der Waals surface area contributed by atoms with Crippen molar-refractivity contribution in [1.82, 2.24) is 4.98 Å². The summed E-state index contributed by atoms with van der Waals surface area (Å²) in [6.07, 6.45) is 1.59. The molecule has 1 aromatic rings. The molecule has 11 heavy (non-hydrogen) atoms. The first kappa shape index (κ1) is 8.07. The largest absolute Gasteiger partial charge is 0.432 e. The van der Waals surface area contributed by atoms with E-state index < -0.39 is 0 Å². The second kappa shape index (κ2) is 3.39. The Morgan fingerprint density at radius 1 is 1.73 bits per heavy atom. The Balaban J connectivity index is 2.60. The number of nitrogens with zero attached hydrogens (tertiary/aromatic N) is 2. The highest BCUT2D eigenvalue weighted by Gasteiger charge is 2.04. The van der Waals surface area contributed by atoms with Crippen LogP contribution in [0.15, 0.2) is 10.7 Å². The van der Waals surface area contributed by atoms with Crippen LogP contribution in [0.2, 0.25) is 0 Å². The van der Waals surface area contributed by atoms with Gasteiger partial charge in [-0.3, -0.25) is 0 Å². The smallest absolute Gasteiger partial charge is 0.297 e. The number of oxazole rings is 1. The standard InChI is InChI=1S/C7H12N2O2/c1-6-5-11-7(8-6)9(2)3-4-10/h5,10H,3-4H2,1-2H3. The highest BCUT2D eigenvalue weighted by atomic mass is 16.4. The Kier molecular flexibility index (Phi) is 2.48. The Morgan fingerprint density at radius 3 is 2.91 bits per heavy atom. The van der Waals surface area contributed by atoms with Crippen LogP contribution in [-0.2, 0) is 0 Å². The number of aliphatic hydroxyl groups is 1. The van der Waals surface area contributed by atoms with Gasteiger partial charge in [0.05, 0.1) is 12.3 Å². The third-order valence-corrected chi connectivity index (χ3v) is 1.37. The van der Waals surface area contributed by atoms with Crippen molar-refractivity contribution in [3.8, 4) is 0 Å². The Labute approximate surface area is 65.5 Å². The molecule has 0 radical (unpaired) electrons. The predicted octanol–water partition coefficient (Wildman–Crippen LogP) is 0.412. The lowest BCUT2D eigenvalue weighted by Gasteiger charge is -2.11. The lowest BCUT2D eigenvalue weighted by molar-refractivity contribution is 0.301. The molecule has 0 spiro atoms. The molecular formula is C7H12N2O2. The highest BCUT2D eigenvalue weighted by molar-refractivity contribution is 5.24. The second-order valence-corrected chi connectivity index (χ2v) is 2.42. The SMILES string of the molecule is Cc1coc(N(C)CCO)n1. The molecule has 0 saturated carbocycles. The maximum Gasteiger partial charge on any atom is 0.297 e. The van der Waals surface area contributed by atoms with Gasteiger partial charge in [0.25, 0.3) is 6.01 Å². The van der Waals surface area contributed by atoms with Crippen LogP contribution in [0.25, 0.3) is 0 Å². The van der Waals surface area contributed by atoms with Gasteiger partial charge in [0.15, 0.2) is 0 Å². The number of aromatic nitrogens is 1. The fraction of sp³-hybridized carbons (Fsp3) is 0.571. The number of anilines is 1. The van der Waals surface area contributed by atoms with Crippen molar-refractivity contribution in [3.63, 3.8) is 0 Å². The van der Waals surface area contributed by atoms with Crippen molar-refractivity contribution < 1.29 is 9.52 Å². The monoisotopic (exact) mass is 156 g/mol. The lowest BCUT2D eigenvalue weighted by atomic mass is 10.6. The molecule has 0 aliphatic heterocycles. The van der Waals surface area contributed by atoms with Gasteiger partial charge in [0.2, 0.25) is 0 Å². The summed E-state index contributed by atoms with van der Waals surface area (Å²) in [6, 6.07) is 0.552. The predicted molar refractivity (Wildman–Crippen MR) is 41.6 cm³/mol. The van der Waals surface area contributed by atoms with Gasteiger partial charge < -0.3 is 14.4 Å². The van der Waals surface area contributed by atoms with E-state index in [2.05, 4.69) is 4.98 Å². The summed E-state index contributed by atoms with van der Waals surface area (Å²) in [5.41, 5.74) is 0.852. The van der Waals surface area contributed by atoms with E-state index in [-0.39, 0.29) is 6.61 Å². The summed E-state index contributed by atoms with van der Waals surface area (Å²) in [5, 5.41) is 8.59. The first-order chi connectivity index (χ1) is 5.24. The summed E-state index contributed by atoms with van der Waals surface area (Å²) >= 11 is 0. The van der Waals surface area contributed by atoms with Gasteiger partial charge in [-0.25, -0.2) is 0 Å². The molecule has 1 heterocycles. The third-order valence-electron chi connectivity index (χ3n) is 1.37. The van der Waals surface area contributed by atoms with Gasteiger partial charge in [-0.05, 0) is 6.92 Å². The van der Waals surface area contributed by atoms with E-state index in [0.29, 0.717) is 12.6 Å². The van der Waals surface area contributed by atoms with Crippen LogP contribution < -0.4 is 4.90 Å². The zero-order chi connectivity index (χ0) is 8.27. The summed E-state index contributed by atoms with van der Waals surface area (Å²) in [4.78, 5) is 5.83. The van der Waals surface area contributed by atoms with Crippen LogP contribution in [0.5, 0.6) is 0 Å². The zero-order valence-corrected chi connectivity index (χ0v) is 6.74. The maximum absolute atomic E-state index is 8.59. The molecule has 1 rings (SSSR count). The lowest BCUT2D eigenvalue weighted by Crippen LogP contribution is -2.21. The molecule has 62 valence electrons. The maximum atomic E-state index is 8.59. The minimum atomic E-state index is 0.109. The molecule has 0 fully saturated rings. The van der Waals surface area contributed by atoms with Crippen molar-refractivity contribution in [1.29, 1.82) is 0 Å². The Morgan fingerprint density at radius 2 is 2.45 bits per heavy atom. The Bertz CT molecular complexity index is 222. The molecule has 0 amide bonds. The molecule has 0 saturated heterocycles. The molecule has 4 heteroatoms. The first-order valence-electron chi connectivity index (χ1n) is 3.48. The molecule has 0 aliphatic carbocycles. The molecule has 0 atom stereocenters. The third kappa shape index (κ3) is 1.94. The van der Waals surface area contributed by atoms with Gasteiger partial charge in [-0.15, -0.1) is 0 Å². The number of rotatable bonds is 3. The quantitative estimate of drug-likeness (QED) is 0.688. The van der Waals surface area contributed by atoms with Crippen molar-refractivity contribution in [2.24, 2.45) is 0 Å². The zero-order valence-electron chi connectivity index (χ0n) is 6.74. The summed E-state index contributed by atoms with van der Waals surface area (Å²) in [7, 11) is 1.82. The fourth-order valence-corrected chi connectivity index (χ4v) is 0.763. The molecular weight excluding hydrogens is 144 g/mol. The average Bonchev–Trinajstić information content (AvgIpc) is 2.36. The van der Waals surface area contributed by atoms with Crippen LogP contribution in [-0.4, -0.2) is 30.3 Å². The fourth-order valence-electron chi connectivity index (χ4n) is 0.763. The average molecular weight is 156 g/mol. The second-order valence-electron chi connectivity index (χ2n) is 2.42. The van der Waals surface area contributed by atoms with E-state index in [1.165, 1.54) is 0 Å². The van der Waals surface area contributed by atoms with Crippen LogP contribution in [0.3, 0.4) is 0 Å². The highest BCUT2D eigenvalue weighted by Crippen LogP contribution is 2.09. The molecule has 0 aliphatic rings. The molecule has 1 aromatic heterocycles. The number of hydrogen-bond donors (Lipinski definition) is 1. The van der Waals surface area contributed by atoms with E-state index in [1.807, 2.05) is 14.0 Å². The molecule has 0 unspecified atom stereocenters. The summed E-state index contributed by atoms with van der Waals surface area (Å²) in [5.74, 6) is 0. The minimum Gasteiger partial charge on any atom is -0.432 e. The Hall–Kier alpha value is -1.03. The number of aliphatic hydroxyl groups excluding tert-OH is 1. The summed E-state index contributed by atoms with van der Waals surface area (Å²) in [6.45, 7) is 2.51. The van der Waals surface area contributed by atoms with E-state index >= 15 is 0 Å². The van der Waals surface area contributed by atoms with E-state index in [1.54, 1.807) is 11.2 Å². The van der Waals surface area contributed by atoms with E-state index in [0.717, 1.165) is 5.69 Å². The van der Waals surface area contributed by atoms with Crippen molar-refractivity contribution in [3.05, 3.63) is 12.0 Å². The van der Waals surface area contributed by atoms with Crippen LogP contribution in [0, 0.1) is 6.92 Å². The van der Waals surface area contributed by atoms with Gasteiger partial charge in [0, 0.05) is 13.6 Å². The van der Waals surface area contributed by atoms with Crippen LogP contribution >= 0.6 is 0 Å². The van der Waals surface area contributed by atoms with Gasteiger partial charge in [0.1, 0.15) is 6.26 Å². The van der Waals surface area contributed by atoms with Crippen molar-refractivity contribution >= 4 is 6.01 Å². The normalized spacial score (nSPS) is 10.1. The van der Waals surface area contributed by atoms with Crippen molar-refractivity contribution in [2.45, 2.75) is 6.92 Å². The molecule has 4 nitrogen and oxygen atoms in total. The van der Waals surface area contributed by atoms with E-state index in [4.69, 9.17) is 9.52 Å². The number of likely N-dealkylation sites (N-methyl/N-ethyl adjacent to an activating group) is 1. The van der Waals surface area contributed by atoms with Crippen molar-refractivity contribution in [2.75, 3.05) is 25.1 Å². The van der Waals surface area contributed by atoms with Gasteiger partial charge in [-0.2, -0.15) is 4.98 Å². The summed E-state index contributed by atoms with van der Waals surface area (Å²) < 4.78 is 5.08. The molecule has 1 N–H and O–H groups in total. The van der Waals surface area contributed by atoms with Crippen LogP contribution in [0.1, 0.15) is 5.69 Å². The first-order valence-corrected chi connectivity index (χ1v) is 3.48. The number of hydrogen-bond acceptors (Lipinski definition) is 4. The minimum absolute atomic E-state index is 0.109. The van der Waals surface area contributed by atoms with E-state index in [9.17, 15) is 0 Å². The van der Waals surface area contributed by atoms with Gasteiger partial charge >= 0.3 is 0 Å². The van der Waals surface area contributed by atoms with Gasteiger partial charge in [-0.1, -0.05) is 0 Å². The number of aryl methyl sites for hydroxylation is 1. The topological polar surface area (TPSA) is 49.5 Å². The molecule has 0 aromatic carbocycles. The molecule has 0 bridgehead atoms. The van der Waals surface area contributed by atoms with Crippen LogP contribution in [0.4, 0.5) is 6.01 Å².